The van der Waals surface area contributed by atoms with Gasteiger partial charge in [-0.05, 0) is 38.3 Å². The highest BCUT2D eigenvalue weighted by Gasteiger charge is 2.42. The Labute approximate surface area is 88.6 Å². The summed E-state index contributed by atoms with van der Waals surface area (Å²) in [5.74, 6) is 0. The van der Waals surface area contributed by atoms with Gasteiger partial charge in [0.2, 0.25) is 0 Å². The zero-order valence-corrected chi connectivity index (χ0v) is 9.11. The molecule has 0 spiro atoms. The topological polar surface area (TPSA) is 29.3 Å². The van der Waals surface area contributed by atoms with Gasteiger partial charge in [0.1, 0.15) is 0 Å². The van der Waals surface area contributed by atoms with E-state index in [9.17, 15) is 13.2 Å². The first-order chi connectivity index (χ1) is 6.87. The minimum Gasteiger partial charge on any atom is -0.330 e. The summed E-state index contributed by atoms with van der Waals surface area (Å²) in [6.45, 7) is 1.48. The van der Waals surface area contributed by atoms with E-state index < -0.39 is 12.6 Å². The van der Waals surface area contributed by atoms with Crippen molar-refractivity contribution >= 4 is 0 Å². The van der Waals surface area contributed by atoms with Crippen LogP contribution in [0.15, 0.2) is 0 Å². The number of nitrogens with two attached hydrogens (primary N) is 1. The lowest BCUT2D eigenvalue weighted by molar-refractivity contribution is -0.137. The van der Waals surface area contributed by atoms with E-state index in [0.717, 1.165) is 25.8 Å². The van der Waals surface area contributed by atoms with Gasteiger partial charge in [-0.3, -0.25) is 0 Å². The first-order valence-electron chi connectivity index (χ1n) is 5.32. The second-order valence-electron chi connectivity index (χ2n) is 4.64. The fraction of sp³-hybridized carbons (Fsp3) is 1.00. The van der Waals surface area contributed by atoms with Crippen LogP contribution in [0, 0.1) is 5.41 Å². The zero-order valence-electron chi connectivity index (χ0n) is 9.11. The highest BCUT2D eigenvalue weighted by molar-refractivity contribution is 4.95. The summed E-state index contributed by atoms with van der Waals surface area (Å²) >= 11 is 0. The van der Waals surface area contributed by atoms with Crippen LogP contribution in [-0.2, 0) is 0 Å². The molecule has 2 nitrogen and oxygen atoms in total. The molecule has 0 unspecified atom stereocenters. The molecule has 1 fully saturated rings. The van der Waals surface area contributed by atoms with Gasteiger partial charge in [0.15, 0.2) is 0 Å². The molecular weight excluding hydrogens is 205 g/mol. The Bertz CT molecular complexity index is 199. The van der Waals surface area contributed by atoms with Crippen LogP contribution in [0.1, 0.15) is 25.7 Å². The van der Waals surface area contributed by atoms with Gasteiger partial charge < -0.3 is 10.6 Å². The van der Waals surface area contributed by atoms with E-state index in [0.29, 0.717) is 6.54 Å². The molecule has 1 aliphatic rings. The maximum atomic E-state index is 12.0. The SMILES string of the molecule is CN(CCC(F)(F)F)CC1(CCN)CC1. The molecule has 2 N–H and O–H groups in total. The van der Waals surface area contributed by atoms with Crippen molar-refractivity contribution in [2.24, 2.45) is 11.1 Å². The summed E-state index contributed by atoms with van der Waals surface area (Å²) in [4.78, 5) is 1.77. The Hall–Kier alpha value is -0.290. The van der Waals surface area contributed by atoms with Crippen LogP contribution in [0.2, 0.25) is 0 Å². The summed E-state index contributed by atoms with van der Waals surface area (Å²) in [5, 5.41) is 0. The number of alkyl halides is 3. The van der Waals surface area contributed by atoms with Crippen molar-refractivity contribution in [1.29, 1.82) is 0 Å². The summed E-state index contributed by atoms with van der Waals surface area (Å²) in [6.07, 6.45) is -1.61. The highest BCUT2D eigenvalue weighted by atomic mass is 19.4. The van der Waals surface area contributed by atoms with Gasteiger partial charge in [0, 0.05) is 13.1 Å². The van der Waals surface area contributed by atoms with Crippen LogP contribution in [0.5, 0.6) is 0 Å². The first-order valence-corrected chi connectivity index (χ1v) is 5.32. The largest absolute Gasteiger partial charge is 0.390 e. The van der Waals surface area contributed by atoms with Crippen LogP contribution in [0.4, 0.5) is 13.2 Å². The monoisotopic (exact) mass is 224 g/mol. The van der Waals surface area contributed by atoms with Crippen molar-refractivity contribution in [1.82, 2.24) is 4.90 Å². The molecule has 0 aromatic rings. The molecule has 0 bridgehead atoms. The summed E-state index contributed by atoms with van der Waals surface area (Å²) < 4.78 is 35.9. The van der Waals surface area contributed by atoms with Crippen LogP contribution in [0.3, 0.4) is 0 Å². The molecule has 0 atom stereocenters. The lowest BCUT2D eigenvalue weighted by Crippen LogP contribution is -2.31. The molecule has 5 heteroatoms. The zero-order chi connectivity index (χ0) is 11.5. The van der Waals surface area contributed by atoms with Gasteiger partial charge in [-0.1, -0.05) is 0 Å². The summed E-state index contributed by atoms with van der Waals surface area (Å²) in [5.41, 5.74) is 5.71. The average Bonchev–Trinajstić information content (AvgIpc) is 2.81. The molecule has 0 saturated heterocycles. The van der Waals surface area contributed by atoms with Crippen LogP contribution in [0.25, 0.3) is 0 Å². The van der Waals surface area contributed by atoms with E-state index >= 15 is 0 Å². The number of nitrogens with zero attached hydrogens (tertiary/aromatic N) is 1. The van der Waals surface area contributed by atoms with E-state index in [1.54, 1.807) is 11.9 Å². The second-order valence-corrected chi connectivity index (χ2v) is 4.64. The van der Waals surface area contributed by atoms with Crippen molar-refractivity contribution < 1.29 is 13.2 Å². The minimum atomic E-state index is -4.04. The van der Waals surface area contributed by atoms with E-state index in [2.05, 4.69) is 0 Å². The summed E-state index contributed by atoms with van der Waals surface area (Å²) in [7, 11) is 1.75. The van der Waals surface area contributed by atoms with E-state index in [4.69, 9.17) is 5.73 Å². The first kappa shape index (κ1) is 12.8. The molecule has 90 valence electrons. The van der Waals surface area contributed by atoms with Crippen molar-refractivity contribution in [3.63, 3.8) is 0 Å². The van der Waals surface area contributed by atoms with Gasteiger partial charge in [-0.25, -0.2) is 0 Å². The molecule has 0 aromatic carbocycles. The summed E-state index contributed by atoms with van der Waals surface area (Å²) in [6, 6.07) is 0. The Morgan fingerprint density at radius 2 is 1.93 bits per heavy atom. The van der Waals surface area contributed by atoms with Crippen LogP contribution in [-0.4, -0.2) is 37.8 Å². The van der Waals surface area contributed by atoms with Gasteiger partial charge in [0.25, 0.3) is 0 Å². The quantitative estimate of drug-likeness (QED) is 0.747. The second kappa shape index (κ2) is 4.70. The van der Waals surface area contributed by atoms with E-state index in [-0.39, 0.29) is 12.0 Å². The van der Waals surface area contributed by atoms with Crippen molar-refractivity contribution in [3.8, 4) is 0 Å². The fourth-order valence-electron chi connectivity index (χ4n) is 1.94. The predicted octanol–water partition coefficient (Wildman–Crippen LogP) is 2.00. The molecular formula is C10H19F3N2. The third-order valence-electron chi connectivity index (χ3n) is 3.01. The van der Waals surface area contributed by atoms with E-state index in [1.807, 2.05) is 0 Å². The van der Waals surface area contributed by atoms with Gasteiger partial charge in [-0.15, -0.1) is 0 Å². The lowest BCUT2D eigenvalue weighted by atomic mass is 10.0. The molecule has 15 heavy (non-hydrogen) atoms. The Kier molecular flexibility index (Phi) is 4.00. The van der Waals surface area contributed by atoms with Crippen molar-refractivity contribution in [3.05, 3.63) is 0 Å². The minimum absolute atomic E-state index is 0.0931. The highest BCUT2D eigenvalue weighted by Crippen LogP contribution is 2.48. The molecule has 0 radical (unpaired) electrons. The van der Waals surface area contributed by atoms with Crippen molar-refractivity contribution in [2.75, 3.05) is 26.7 Å². The molecule has 1 rings (SSSR count). The molecule has 0 aromatic heterocycles. The average molecular weight is 224 g/mol. The number of hydrogen-bond acceptors (Lipinski definition) is 2. The molecule has 1 saturated carbocycles. The standard InChI is InChI=1S/C10H19F3N2/c1-15(7-5-10(11,12)13)8-9(2-3-9)4-6-14/h2-8,14H2,1H3. The number of halogens is 3. The predicted molar refractivity (Wildman–Crippen MR) is 53.5 cm³/mol. The Morgan fingerprint density at radius 3 is 2.33 bits per heavy atom. The number of rotatable bonds is 6. The third kappa shape index (κ3) is 4.84. The Morgan fingerprint density at radius 1 is 1.33 bits per heavy atom. The van der Waals surface area contributed by atoms with Crippen LogP contribution >= 0.6 is 0 Å². The normalized spacial score (nSPS) is 19.6. The van der Waals surface area contributed by atoms with Gasteiger partial charge >= 0.3 is 6.18 Å². The molecule has 0 heterocycles. The number of hydrogen-bond donors (Lipinski definition) is 1. The molecule has 0 aliphatic heterocycles. The smallest absolute Gasteiger partial charge is 0.330 e. The van der Waals surface area contributed by atoms with Crippen LogP contribution < -0.4 is 5.73 Å². The molecule has 0 amide bonds. The van der Waals surface area contributed by atoms with Gasteiger partial charge in [0.05, 0.1) is 6.42 Å². The van der Waals surface area contributed by atoms with Crippen molar-refractivity contribution in [2.45, 2.75) is 31.9 Å². The van der Waals surface area contributed by atoms with Gasteiger partial charge in [-0.2, -0.15) is 13.2 Å². The van der Waals surface area contributed by atoms with E-state index in [1.165, 1.54) is 0 Å². The lowest BCUT2D eigenvalue weighted by Gasteiger charge is -2.23. The maximum Gasteiger partial charge on any atom is 0.390 e. The Balaban J connectivity index is 2.21. The fourth-order valence-corrected chi connectivity index (χ4v) is 1.94. The maximum absolute atomic E-state index is 12.0. The molecule has 1 aliphatic carbocycles. The third-order valence-corrected chi connectivity index (χ3v) is 3.01.